The van der Waals surface area contributed by atoms with Gasteiger partial charge in [-0.3, -0.25) is 4.99 Å². The van der Waals surface area contributed by atoms with Crippen molar-refractivity contribution >= 4 is 17.8 Å². The Kier molecular flexibility index (Phi) is 7.35. The average molecular weight is 406 g/mol. The highest BCUT2D eigenvalue weighted by Crippen LogP contribution is 2.31. The van der Waals surface area contributed by atoms with Gasteiger partial charge in [-0.05, 0) is 24.6 Å². The molecule has 1 unspecified atom stereocenters. The van der Waals surface area contributed by atoms with E-state index in [1.54, 1.807) is 37.3 Å². The Morgan fingerprint density at radius 3 is 2.52 bits per heavy atom. The molecular weight excluding hydrogens is 385 g/mol. The molecule has 6 nitrogen and oxygen atoms in total. The van der Waals surface area contributed by atoms with Crippen molar-refractivity contribution in [1.29, 1.82) is 0 Å². The summed E-state index contributed by atoms with van der Waals surface area (Å²) in [4.78, 5) is 14.1. The normalized spacial score (nSPS) is 14.1. The second-order valence-electron chi connectivity index (χ2n) is 5.92. The minimum atomic E-state index is -4.42. The fraction of sp³-hybridized carbons (Fsp3) is 0.250. The number of halogens is 3. The number of nitrogens with zero attached hydrogens (tertiary/aromatic N) is 3. The predicted molar refractivity (Wildman–Crippen MR) is 106 cm³/mol. The van der Waals surface area contributed by atoms with E-state index in [4.69, 9.17) is 15.4 Å². The maximum atomic E-state index is 12.9. The van der Waals surface area contributed by atoms with Crippen LogP contribution in [-0.4, -0.2) is 31.9 Å². The first-order valence-corrected chi connectivity index (χ1v) is 8.57. The molecule has 1 atom stereocenters. The Balaban J connectivity index is 2.22. The van der Waals surface area contributed by atoms with Crippen LogP contribution in [0.25, 0.3) is 0 Å². The number of hydrogen-bond acceptors (Lipinski definition) is 5. The topological polar surface area (TPSA) is 81.6 Å². The first-order valence-electron chi connectivity index (χ1n) is 8.57. The zero-order valence-corrected chi connectivity index (χ0v) is 16.1. The first-order chi connectivity index (χ1) is 13.8. The molecule has 2 rings (SSSR count). The van der Waals surface area contributed by atoms with E-state index >= 15 is 0 Å². The number of amidine groups is 1. The lowest BCUT2D eigenvalue weighted by molar-refractivity contribution is -0.137. The lowest BCUT2D eigenvalue weighted by Gasteiger charge is -2.13. The lowest BCUT2D eigenvalue weighted by atomic mass is 10.0. The molecule has 2 aromatic carbocycles. The Hall–Kier alpha value is -3.36. The third kappa shape index (κ3) is 5.81. The minimum Gasteiger partial charge on any atom is -0.399 e. The summed E-state index contributed by atoms with van der Waals surface area (Å²) in [5, 5.41) is 7.82. The van der Waals surface area contributed by atoms with Crippen molar-refractivity contribution in [3.05, 3.63) is 70.8 Å². The maximum absolute atomic E-state index is 12.9. The molecule has 0 bridgehead atoms. The van der Waals surface area contributed by atoms with E-state index < -0.39 is 17.8 Å². The Bertz CT molecular complexity index is 924. The molecule has 0 spiro atoms. The van der Waals surface area contributed by atoms with Crippen LogP contribution in [0.2, 0.25) is 0 Å². The maximum Gasteiger partial charge on any atom is 0.416 e. The number of rotatable bonds is 7. The fourth-order valence-corrected chi connectivity index (χ4v) is 2.46. The molecule has 2 aromatic rings. The molecule has 9 heteroatoms. The monoisotopic (exact) mass is 406 g/mol. The van der Waals surface area contributed by atoms with Crippen LogP contribution in [-0.2, 0) is 15.9 Å². The molecule has 2 N–H and O–H groups in total. The lowest BCUT2D eigenvalue weighted by Crippen LogP contribution is -2.26. The molecule has 0 aromatic heterocycles. The Morgan fingerprint density at radius 1 is 1.14 bits per heavy atom. The molecule has 29 heavy (non-hydrogen) atoms. The van der Waals surface area contributed by atoms with Gasteiger partial charge in [-0.15, -0.1) is 0 Å². The molecule has 0 amide bonds. The molecule has 0 saturated heterocycles. The van der Waals surface area contributed by atoms with Crippen LogP contribution in [0.5, 0.6) is 0 Å². The number of hydrogen-bond donors (Lipinski definition) is 1. The van der Waals surface area contributed by atoms with Crippen LogP contribution in [0.4, 0.5) is 13.2 Å². The molecule has 0 aliphatic heterocycles. The van der Waals surface area contributed by atoms with Gasteiger partial charge in [-0.2, -0.15) is 13.2 Å². The second kappa shape index (κ2) is 9.72. The summed E-state index contributed by atoms with van der Waals surface area (Å²) in [6.07, 6.45) is -3.68. The predicted octanol–water partition coefficient (Wildman–Crippen LogP) is 4.15. The zero-order chi connectivity index (χ0) is 21.4. The van der Waals surface area contributed by atoms with Gasteiger partial charge >= 0.3 is 6.18 Å². The van der Waals surface area contributed by atoms with Crippen LogP contribution in [0.1, 0.15) is 35.3 Å². The quantitative estimate of drug-likeness (QED) is 0.426. The van der Waals surface area contributed by atoms with E-state index in [2.05, 4.69) is 15.3 Å². The van der Waals surface area contributed by atoms with Crippen molar-refractivity contribution in [1.82, 2.24) is 0 Å². The van der Waals surface area contributed by atoms with Crippen molar-refractivity contribution in [3.63, 3.8) is 0 Å². The van der Waals surface area contributed by atoms with Gasteiger partial charge in [0.15, 0.2) is 5.71 Å². The van der Waals surface area contributed by atoms with Crippen molar-refractivity contribution in [2.45, 2.75) is 19.2 Å². The fourth-order valence-electron chi connectivity index (χ4n) is 2.46. The minimum absolute atomic E-state index is 0.172. The first kappa shape index (κ1) is 21.9. The number of aliphatic imine (C=N–C) groups is 1. The summed E-state index contributed by atoms with van der Waals surface area (Å²) >= 11 is 0. The molecule has 0 aliphatic rings. The molecule has 154 valence electrons. The smallest absolute Gasteiger partial charge is 0.399 e. The van der Waals surface area contributed by atoms with E-state index in [-0.39, 0.29) is 5.84 Å². The van der Waals surface area contributed by atoms with Gasteiger partial charge in [-0.25, -0.2) is 0 Å². The van der Waals surface area contributed by atoms with E-state index in [1.165, 1.54) is 26.4 Å². The van der Waals surface area contributed by atoms with Crippen molar-refractivity contribution < 1.29 is 22.8 Å². The summed E-state index contributed by atoms with van der Waals surface area (Å²) in [5.74, 6) is 0.172. The third-order valence-electron chi connectivity index (χ3n) is 3.98. The molecule has 0 radical (unpaired) electrons. The third-order valence-corrected chi connectivity index (χ3v) is 3.98. The SMILES string of the molecule is CN=C(N)/C(=N/OC)c1ccccc1/C=N/OC(C)c1cccc(C(F)(F)F)c1. The summed E-state index contributed by atoms with van der Waals surface area (Å²) in [6, 6.07) is 12.0. The number of nitrogens with two attached hydrogens (primary N) is 1. The summed E-state index contributed by atoms with van der Waals surface area (Å²) in [7, 11) is 2.91. The molecule has 0 aliphatic carbocycles. The molecule has 0 saturated carbocycles. The standard InChI is InChI=1S/C20H21F3N4O2/c1-13(14-8-6-9-16(11-14)20(21,22)23)29-26-12-15-7-4-5-10-17(15)18(27-28-3)19(24)25-2/h4-13H,1-3H3,(H2,24,25)/b26-12+,27-18+. The van der Waals surface area contributed by atoms with Gasteiger partial charge in [0.05, 0.1) is 11.8 Å². The highest BCUT2D eigenvalue weighted by atomic mass is 19.4. The Morgan fingerprint density at radius 2 is 1.86 bits per heavy atom. The van der Waals surface area contributed by atoms with Crippen LogP contribution in [0, 0.1) is 0 Å². The van der Waals surface area contributed by atoms with Crippen molar-refractivity contribution in [3.8, 4) is 0 Å². The van der Waals surface area contributed by atoms with Gasteiger partial charge in [0.25, 0.3) is 0 Å². The summed E-state index contributed by atoms with van der Waals surface area (Å²) < 4.78 is 38.6. The number of benzene rings is 2. The number of alkyl halides is 3. The van der Waals surface area contributed by atoms with Gasteiger partial charge in [0.2, 0.25) is 0 Å². The van der Waals surface area contributed by atoms with Crippen molar-refractivity contribution in [2.24, 2.45) is 21.0 Å². The van der Waals surface area contributed by atoms with Crippen LogP contribution in [0.15, 0.2) is 63.8 Å². The average Bonchev–Trinajstić information content (AvgIpc) is 2.71. The van der Waals surface area contributed by atoms with Crippen LogP contribution in [0.3, 0.4) is 0 Å². The highest BCUT2D eigenvalue weighted by molar-refractivity contribution is 6.47. The van der Waals surface area contributed by atoms with Gasteiger partial charge in [-0.1, -0.05) is 46.7 Å². The van der Waals surface area contributed by atoms with Crippen molar-refractivity contribution in [2.75, 3.05) is 14.2 Å². The Labute approximate surface area is 166 Å². The largest absolute Gasteiger partial charge is 0.416 e. The molecular formula is C20H21F3N4O2. The van der Waals surface area contributed by atoms with Gasteiger partial charge in [0, 0.05) is 18.2 Å². The number of oxime groups is 2. The summed E-state index contributed by atoms with van der Waals surface area (Å²) in [6.45, 7) is 1.61. The van der Waals surface area contributed by atoms with E-state index in [9.17, 15) is 13.2 Å². The molecule has 0 heterocycles. The van der Waals surface area contributed by atoms with Crippen LogP contribution >= 0.6 is 0 Å². The molecule has 0 fully saturated rings. The zero-order valence-electron chi connectivity index (χ0n) is 16.1. The summed E-state index contributed by atoms with van der Waals surface area (Å²) in [5.41, 5.74) is 7.04. The van der Waals surface area contributed by atoms with E-state index in [1.807, 2.05) is 0 Å². The highest BCUT2D eigenvalue weighted by Gasteiger charge is 2.30. The van der Waals surface area contributed by atoms with Crippen LogP contribution < -0.4 is 5.73 Å². The second-order valence-corrected chi connectivity index (χ2v) is 5.92. The van der Waals surface area contributed by atoms with Gasteiger partial charge in [0.1, 0.15) is 19.0 Å². The van der Waals surface area contributed by atoms with E-state index in [0.29, 0.717) is 22.4 Å². The van der Waals surface area contributed by atoms with E-state index in [0.717, 1.165) is 12.1 Å². The van der Waals surface area contributed by atoms with Gasteiger partial charge < -0.3 is 15.4 Å².